The Kier molecular flexibility index (Phi) is 7.78. The number of benzene rings is 3. The van der Waals surface area contributed by atoms with Gasteiger partial charge in [-0.15, -0.1) is 0 Å². The van der Waals surface area contributed by atoms with Crippen LogP contribution in [-0.2, 0) is 16.2 Å². The number of ether oxygens (including phenoxy) is 2. The molecule has 1 N–H and O–H groups in total. The average molecular weight is 562 g/mol. The third kappa shape index (κ3) is 5.46. The van der Waals surface area contributed by atoms with Crippen molar-refractivity contribution in [1.29, 1.82) is 5.26 Å². The van der Waals surface area contributed by atoms with Gasteiger partial charge in [-0.05, 0) is 77.0 Å². The number of carbonyl (C=O) groups is 2. The maximum absolute atomic E-state index is 13.3. The van der Waals surface area contributed by atoms with E-state index in [-0.39, 0.29) is 17.3 Å². The van der Waals surface area contributed by atoms with E-state index >= 15 is 0 Å². The fourth-order valence-electron chi connectivity index (χ4n) is 3.57. The second-order valence-electron chi connectivity index (χ2n) is 7.64. The van der Waals surface area contributed by atoms with Gasteiger partial charge in [-0.1, -0.05) is 30.3 Å². The molecule has 0 aliphatic carbocycles. The number of nitriles is 1. The molecule has 9 heteroatoms. The van der Waals surface area contributed by atoms with Crippen molar-refractivity contribution in [2.24, 2.45) is 0 Å². The number of hydrogen-bond donors (Lipinski definition) is 1. The lowest BCUT2D eigenvalue weighted by atomic mass is 10.1. The molecule has 3 aromatic carbocycles. The van der Waals surface area contributed by atoms with Crippen molar-refractivity contribution in [2.75, 3.05) is 11.5 Å². The minimum absolute atomic E-state index is 0.00150. The smallest absolute Gasteiger partial charge is 0.270 e. The van der Waals surface area contributed by atoms with Crippen LogP contribution in [-0.4, -0.2) is 23.5 Å². The van der Waals surface area contributed by atoms with Gasteiger partial charge < -0.3 is 9.47 Å². The van der Waals surface area contributed by atoms with Crippen LogP contribution in [0.15, 0.2) is 76.8 Å². The van der Waals surface area contributed by atoms with Gasteiger partial charge in [-0.2, -0.15) is 5.26 Å². The van der Waals surface area contributed by atoms with Crippen molar-refractivity contribution in [2.45, 2.75) is 13.5 Å². The third-order valence-corrected chi connectivity index (χ3v) is 6.18. The summed E-state index contributed by atoms with van der Waals surface area (Å²) in [5.74, 6) is 0.0264. The Hall–Kier alpha value is -4.00. The molecular formula is C27H20BrN3O4S. The van der Waals surface area contributed by atoms with Gasteiger partial charge in [0.2, 0.25) is 0 Å². The molecule has 0 spiro atoms. The number of halogens is 1. The van der Waals surface area contributed by atoms with E-state index < -0.39 is 11.8 Å². The molecule has 180 valence electrons. The normalized spacial score (nSPS) is 14.4. The summed E-state index contributed by atoms with van der Waals surface area (Å²) in [6.07, 6.45) is 1.50. The molecule has 1 aliphatic rings. The van der Waals surface area contributed by atoms with Gasteiger partial charge in [-0.25, -0.2) is 0 Å². The maximum atomic E-state index is 13.3. The number of anilines is 1. The first-order valence-corrected chi connectivity index (χ1v) is 12.2. The van der Waals surface area contributed by atoms with Crippen LogP contribution >= 0.6 is 28.1 Å². The lowest BCUT2D eigenvalue weighted by Crippen LogP contribution is -2.54. The summed E-state index contributed by atoms with van der Waals surface area (Å²) in [4.78, 5) is 27.2. The van der Waals surface area contributed by atoms with Crippen molar-refractivity contribution < 1.29 is 19.1 Å². The Morgan fingerprint density at radius 1 is 1.08 bits per heavy atom. The average Bonchev–Trinajstić information content (AvgIpc) is 2.86. The number of thiocarbonyl (C=S) groups is 1. The number of nitrogens with zero attached hydrogens (tertiary/aromatic N) is 2. The molecule has 0 saturated carbocycles. The second-order valence-corrected chi connectivity index (χ2v) is 8.88. The van der Waals surface area contributed by atoms with Crippen LogP contribution in [0, 0.1) is 11.3 Å². The quantitative estimate of drug-likeness (QED) is 0.244. The van der Waals surface area contributed by atoms with Crippen LogP contribution in [0.2, 0.25) is 0 Å². The van der Waals surface area contributed by atoms with Gasteiger partial charge in [0.05, 0.1) is 28.4 Å². The zero-order chi connectivity index (χ0) is 25.7. The topological polar surface area (TPSA) is 91.7 Å². The van der Waals surface area contributed by atoms with Crippen molar-refractivity contribution in [1.82, 2.24) is 5.32 Å². The van der Waals surface area contributed by atoms with Crippen molar-refractivity contribution >= 4 is 56.8 Å². The minimum atomic E-state index is -0.577. The minimum Gasteiger partial charge on any atom is -0.494 e. The van der Waals surface area contributed by atoms with E-state index in [9.17, 15) is 14.9 Å². The van der Waals surface area contributed by atoms with Crippen LogP contribution in [0.1, 0.15) is 23.6 Å². The highest BCUT2D eigenvalue weighted by atomic mass is 79.9. The summed E-state index contributed by atoms with van der Waals surface area (Å²) in [6, 6.07) is 21.5. The molecule has 3 aromatic rings. The molecule has 1 heterocycles. The van der Waals surface area contributed by atoms with E-state index in [0.29, 0.717) is 39.4 Å². The molecule has 0 aromatic heterocycles. The first-order chi connectivity index (χ1) is 17.4. The summed E-state index contributed by atoms with van der Waals surface area (Å²) in [6.45, 7) is 2.56. The van der Waals surface area contributed by atoms with Gasteiger partial charge >= 0.3 is 0 Å². The number of carbonyl (C=O) groups excluding carboxylic acids is 2. The zero-order valence-corrected chi connectivity index (χ0v) is 21.6. The Bertz CT molecular complexity index is 1430. The summed E-state index contributed by atoms with van der Waals surface area (Å²) in [5, 5.41) is 11.8. The van der Waals surface area contributed by atoms with E-state index in [1.165, 1.54) is 11.0 Å². The molecule has 36 heavy (non-hydrogen) atoms. The molecule has 2 amide bonds. The van der Waals surface area contributed by atoms with E-state index in [0.717, 1.165) is 5.56 Å². The van der Waals surface area contributed by atoms with Crippen LogP contribution in [0.4, 0.5) is 5.69 Å². The molecular weight excluding hydrogens is 542 g/mol. The molecule has 1 fully saturated rings. The van der Waals surface area contributed by atoms with E-state index in [2.05, 4.69) is 27.3 Å². The fraction of sp³-hybridized carbons (Fsp3) is 0.111. The molecule has 0 bridgehead atoms. The van der Waals surface area contributed by atoms with E-state index in [1.807, 2.05) is 19.1 Å². The SMILES string of the molecule is CCOc1cccc(N2C(=O)/C(=C\c3ccc(OCc4ccccc4C#N)c(Br)c3)C(=O)NC2=S)c1. The first kappa shape index (κ1) is 25.1. The van der Waals surface area contributed by atoms with Gasteiger partial charge in [0, 0.05) is 11.6 Å². The molecule has 0 radical (unpaired) electrons. The monoisotopic (exact) mass is 561 g/mol. The van der Waals surface area contributed by atoms with Crippen LogP contribution < -0.4 is 19.7 Å². The Morgan fingerprint density at radius 2 is 1.89 bits per heavy atom. The Balaban J connectivity index is 1.57. The summed E-state index contributed by atoms with van der Waals surface area (Å²) in [5.41, 5.74) is 2.36. The fourth-order valence-corrected chi connectivity index (χ4v) is 4.36. The van der Waals surface area contributed by atoms with Crippen molar-refractivity contribution in [3.63, 3.8) is 0 Å². The third-order valence-electron chi connectivity index (χ3n) is 5.28. The lowest BCUT2D eigenvalue weighted by Gasteiger charge is -2.29. The van der Waals surface area contributed by atoms with E-state index in [1.54, 1.807) is 54.6 Å². The Labute approximate surface area is 222 Å². The lowest BCUT2D eigenvalue weighted by molar-refractivity contribution is -0.122. The number of rotatable bonds is 7. The van der Waals surface area contributed by atoms with Crippen LogP contribution in [0.5, 0.6) is 11.5 Å². The number of amides is 2. The molecule has 0 unspecified atom stereocenters. The predicted octanol–water partition coefficient (Wildman–Crippen LogP) is 5.13. The van der Waals surface area contributed by atoms with Gasteiger partial charge in [0.15, 0.2) is 5.11 Å². The van der Waals surface area contributed by atoms with Gasteiger partial charge in [0.25, 0.3) is 11.8 Å². The summed E-state index contributed by atoms with van der Waals surface area (Å²) in [7, 11) is 0. The maximum Gasteiger partial charge on any atom is 0.270 e. The van der Waals surface area contributed by atoms with Crippen LogP contribution in [0.3, 0.4) is 0 Å². The highest BCUT2D eigenvalue weighted by Gasteiger charge is 2.34. The highest BCUT2D eigenvalue weighted by molar-refractivity contribution is 9.10. The molecule has 1 saturated heterocycles. The van der Waals surface area contributed by atoms with E-state index in [4.69, 9.17) is 21.7 Å². The molecule has 4 rings (SSSR count). The van der Waals surface area contributed by atoms with Crippen LogP contribution in [0.25, 0.3) is 6.08 Å². The largest absolute Gasteiger partial charge is 0.494 e. The second kappa shape index (κ2) is 11.2. The highest BCUT2D eigenvalue weighted by Crippen LogP contribution is 2.30. The summed E-state index contributed by atoms with van der Waals surface area (Å²) >= 11 is 8.76. The summed E-state index contributed by atoms with van der Waals surface area (Å²) < 4.78 is 12.0. The predicted molar refractivity (Wildman–Crippen MR) is 143 cm³/mol. The molecule has 1 aliphatic heterocycles. The number of nitrogens with one attached hydrogen (secondary N) is 1. The van der Waals surface area contributed by atoms with Crippen molar-refractivity contribution in [3.05, 3.63) is 93.5 Å². The Morgan fingerprint density at radius 3 is 2.64 bits per heavy atom. The zero-order valence-electron chi connectivity index (χ0n) is 19.2. The van der Waals surface area contributed by atoms with Gasteiger partial charge in [-0.3, -0.25) is 19.8 Å². The molecule has 7 nitrogen and oxygen atoms in total. The standard InChI is InChI=1S/C27H20BrN3O4S/c1-2-34-21-9-5-8-20(14-21)31-26(33)22(25(32)30-27(31)36)12-17-10-11-24(23(28)13-17)35-16-19-7-4-3-6-18(19)15-29/h3-14H,2,16H2,1H3,(H,30,32,36)/b22-12-. The molecule has 0 atom stereocenters. The van der Waals surface area contributed by atoms with Crippen molar-refractivity contribution in [3.8, 4) is 17.6 Å². The first-order valence-electron chi connectivity index (χ1n) is 11.0. The number of hydrogen-bond acceptors (Lipinski definition) is 6. The van der Waals surface area contributed by atoms with Gasteiger partial charge in [0.1, 0.15) is 23.7 Å².